The van der Waals surface area contributed by atoms with Crippen LogP contribution in [0.1, 0.15) is 19.4 Å². The number of carbonyl (C=O) groups is 1. The summed E-state index contributed by atoms with van der Waals surface area (Å²) in [6, 6.07) is 1.96. The van der Waals surface area contributed by atoms with Crippen LogP contribution < -0.4 is 15.3 Å². The number of thiophene rings is 1. The molecule has 9 nitrogen and oxygen atoms in total. The summed E-state index contributed by atoms with van der Waals surface area (Å²) in [7, 11) is 0. The Bertz CT molecular complexity index is 1800. The normalized spacial score (nSPS) is 20.5. The minimum absolute atomic E-state index is 0.0314. The van der Waals surface area contributed by atoms with Gasteiger partial charge in [-0.3, -0.25) is 14.3 Å². The molecule has 0 unspecified atom stereocenters. The van der Waals surface area contributed by atoms with E-state index >= 15 is 0 Å². The fourth-order valence-electron chi connectivity index (χ4n) is 5.91. The van der Waals surface area contributed by atoms with Crippen LogP contribution in [0.15, 0.2) is 58.4 Å². The Morgan fingerprint density at radius 3 is 2.55 bits per heavy atom. The fraction of sp³-hybridized carbons (Fsp3) is 0.345. The highest BCUT2D eigenvalue weighted by Crippen LogP contribution is 2.50. The Morgan fingerprint density at radius 1 is 1.18 bits per heavy atom. The Hall–Kier alpha value is -3.62. The van der Waals surface area contributed by atoms with Gasteiger partial charge in [0, 0.05) is 69.4 Å². The number of halogens is 4. The van der Waals surface area contributed by atoms with Gasteiger partial charge in [-0.1, -0.05) is 18.2 Å². The molecular formula is C29H26ClF3N6O3S2. The molecule has 3 aromatic heterocycles. The average Bonchev–Trinajstić information content (AvgIpc) is 3.31. The van der Waals surface area contributed by atoms with E-state index in [1.807, 2.05) is 13.8 Å². The van der Waals surface area contributed by atoms with Gasteiger partial charge in [0.1, 0.15) is 11.9 Å². The summed E-state index contributed by atoms with van der Waals surface area (Å²) in [5.74, 6) is 0.359. The van der Waals surface area contributed by atoms with E-state index in [4.69, 9.17) is 16.3 Å². The van der Waals surface area contributed by atoms with Gasteiger partial charge in [0.15, 0.2) is 0 Å². The molecule has 0 radical (unpaired) electrons. The van der Waals surface area contributed by atoms with Crippen LogP contribution >= 0.6 is 34.7 Å². The number of alkyl halides is 3. The van der Waals surface area contributed by atoms with Gasteiger partial charge < -0.3 is 14.5 Å². The molecule has 3 atom stereocenters. The van der Waals surface area contributed by atoms with Crippen molar-refractivity contribution < 1.29 is 22.7 Å². The molecule has 1 saturated heterocycles. The first-order chi connectivity index (χ1) is 21.0. The summed E-state index contributed by atoms with van der Waals surface area (Å²) < 4.78 is 52.1. The van der Waals surface area contributed by atoms with Crippen LogP contribution in [0.4, 0.5) is 19.0 Å². The standard InChI is InChI=1S/C29H26ClF3N6O3S2/c1-4-23(40)39-15(2)10-37(11-16(39)3)27-19-8-20(29(31,32)33)24(21-7-17(30)13-43-21)26-25(19)38(28(41)36-27)12-18(14-44-26)42-22-9-34-5-6-35-22/h4-9,13,15-16,18H,1,10-12,14H2,2-3H3/t15-,16+,18-/m0/s1. The van der Waals surface area contributed by atoms with Gasteiger partial charge in [-0.15, -0.1) is 23.1 Å². The van der Waals surface area contributed by atoms with Crippen molar-refractivity contribution in [2.24, 2.45) is 0 Å². The number of anilines is 1. The lowest BCUT2D eigenvalue weighted by Crippen LogP contribution is -2.58. The predicted octanol–water partition coefficient (Wildman–Crippen LogP) is 5.75. The van der Waals surface area contributed by atoms with Crippen molar-refractivity contribution in [1.82, 2.24) is 24.4 Å². The maximum absolute atomic E-state index is 14.9. The van der Waals surface area contributed by atoms with Crippen molar-refractivity contribution in [2.75, 3.05) is 23.7 Å². The van der Waals surface area contributed by atoms with Crippen molar-refractivity contribution in [2.45, 2.75) is 49.7 Å². The molecule has 0 aliphatic carbocycles. The van der Waals surface area contributed by atoms with Crippen molar-refractivity contribution in [3.05, 3.63) is 69.8 Å². The highest BCUT2D eigenvalue weighted by atomic mass is 35.5. The molecular weight excluding hydrogens is 637 g/mol. The topological polar surface area (TPSA) is 93.5 Å². The third-order valence-corrected chi connectivity index (χ3v) is 10.1. The van der Waals surface area contributed by atoms with Crippen LogP contribution in [0, 0.1) is 0 Å². The van der Waals surface area contributed by atoms with Gasteiger partial charge in [0.2, 0.25) is 11.8 Å². The number of ether oxygens (including phenoxy) is 1. The van der Waals surface area contributed by atoms with E-state index in [1.165, 1.54) is 47.1 Å². The van der Waals surface area contributed by atoms with Gasteiger partial charge in [-0.25, -0.2) is 9.78 Å². The van der Waals surface area contributed by atoms with Crippen LogP contribution in [-0.4, -0.2) is 67.4 Å². The first-order valence-corrected chi connectivity index (χ1v) is 15.9. The van der Waals surface area contributed by atoms with Gasteiger partial charge in [-0.05, 0) is 32.1 Å². The lowest BCUT2D eigenvalue weighted by Gasteiger charge is -2.44. The first kappa shape index (κ1) is 30.4. The predicted molar refractivity (Wildman–Crippen MR) is 165 cm³/mol. The Morgan fingerprint density at radius 2 is 1.93 bits per heavy atom. The summed E-state index contributed by atoms with van der Waals surface area (Å²) in [5, 5.41) is 2.08. The summed E-state index contributed by atoms with van der Waals surface area (Å²) in [4.78, 5) is 43.0. The Labute approximate surface area is 263 Å². The number of thioether (sulfide) groups is 1. The van der Waals surface area contributed by atoms with E-state index in [-0.39, 0.29) is 66.0 Å². The quantitative estimate of drug-likeness (QED) is 0.250. The van der Waals surface area contributed by atoms with E-state index in [0.29, 0.717) is 20.3 Å². The highest BCUT2D eigenvalue weighted by molar-refractivity contribution is 7.99. The molecule has 2 aliphatic rings. The molecule has 1 fully saturated rings. The second-order valence-electron chi connectivity index (χ2n) is 10.6. The van der Waals surface area contributed by atoms with Crippen LogP contribution in [0.3, 0.4) is 0 Å². The van der Waals surface area contributed by atoms with Crippen LogP contribution in [0.2, 0.25) is 5.02 Å². The summed E-state index contributed by atoms with van der Waals surface area (Å²) in [5.41, 5.74) is -1.17. The smallest absolute Gasteiger partial charge is 0.417 e. The SMILES string of the molecule is C=CC(=O)N1[C@H](C)CN(c2nc(=O)n3c4c(c(-c5cc(Cl)cs5)c(C(F)(F)F)cc24)SC[C@@H](Oc2cnccn2)C3)C[C@@H]1C. The Balaban J connectivity index is 1.58. The number of hydrogen-bond donors (Lipinski definition) is 0. The number of piperazine rings is 1. The monoisotopic (exact) mass is 662 g/mol. The summed E-state index contributed by atoms with van der Waals surface area (Å²) in [6.07, 6.45) is 0.278. The van der Waals surface area contributed by atoms with Crippen LogP contribution in [0.5, 0.6) is 5.88 Å². The first-order valence-electron chi connectivity index (χ1n) is 13.6. The number of rotatable bonds is 5. The number of benzene rings is 1. The Kier molecular flexibility index (Phi) is 8.09. The van der Waals surface area contributed by atoms with E-state index in [9.17, 15) is 22.8 Å². The van der Waals surface area contributed by atoms with Crippen molar-refractivity contribution in [3.8, 4) is 16.3 Å². The molecule has 230 valence electrons. The summed E-state index contributed by atoms with van der Waals surface area (Å²) >= 11 is 8.47. The minimum Gasteiger partial charge on any atom is -0.470 e. The molecule has 4 aromatic rings. The molecule has 5 heterocycles. The number of hydrogen-bond acceptors (Lipinski definition) is 9. The van der Waals surface area contributed by atoms with Gasteiger partial charge in [-0.2, -0.15) is 18.2 Å². The van der Waals surface area contributed by atoms with Crippen LogP contribution in [0.25, 0.3) is 21.3 Å². The van der Waals surface area contributed by atoms with E-state index < -0.39 is 23.5 Å². The van der Waals surface area contributed by atoms with Crippen molar-refractivity contribution in [1.29, 1.82) is 0 Å². The van der Waals surface area contributed by atoms with Crippen LogP contribution in [-0.2, 0) is 17.5 Å². The van der Waals surface area contributed by atoms with Crippen molar-refractivity contribution in [3.63, 3.8) is 0 Å². The lowest BCUT2D eigenvalue weighted by molar-refractivity contribution is -0.137. The zero-order valence-corrected chi connectivity index (χ0v) is 25.9. The zero-order chi connectivity index (χ0) is 31.3. The van der Waals surface area contributed by atoms with E-state index in [1.54, 1.807) is 15.2 Å². The second-order valence-corrected chi connectivity index (χ2v) is 13.0. The van der Waals surface area contributed by atoms with Crippen molar-refractivity contribution >= 4 is 57.3 Å². The third-order valence-electron chi connectivity index (χ3n) is 7.59. The molecule has 44 heavy (non-hydrogen) atoms. The number of amides is 1. The van der Waals surface area contributed by atoms with Gasteiger partial charge in [0.05, 0.1) is 28.8 Å². The maximum atomic E-state index is 14.9. The maximum Gasteiger partial charge on any atom is 0.417 e. The molecule has 0 N–H and O–H groups in total. The fourth-order valence-corrected chi connectivity index (χ4v) is 8.36. The second kappa shape index (κ2) is 11.7. The lowest BCUT2D eigenvalue weighted by atomic mass is 10.0. The average molecular weight is 663 g/mol. The largest absolute Gasteiger partial charge is 0.470 e. The number of nitrogens with zero attached hydrogens (tertiary/aromatic N) is 6. The van der Waals surface area contributed by atoms with E-state index in [0.717, 1.165) is 17.4 Å². The zero-order valence-electron chi connectivity index (χ0n) is 23.5. The molecule has 15 heteroatoms. The third kappa shape index (κ3) is 5.54. The molecule has 6 rings (SSSR count). The molecule has 1 aromatic carbocycles. The molecule has 0 spiro atoms. The number of carbonyl (C=O) groups excluding carboxylic acids is 1. The van der Waals surface area contributed by atoms with E-state index in [2.05, 4.69) is 21.5 Å². The van der Waals surface area contributed by atoms with Gasteiger partial charge in [0.25, 0.3) is 0 Å². The highest BCUT2D eigenvalue weighted by Gasteiger charge is 2.40. The summed E-state index contributed by atoms with van der Waals surface area (Å²) in [6.45, 7) is 7.83. The molecule has 0 saturated carbocycles. The minimum atomic E-state index is -4.73. The molecule has 0 bridgehead atoms. The molecule has 2 aliphatic heterocycles. The molecule has 1 amide bonds. The number of aromatic nitrogens is 4. The van der Waals surface area contributed by atoms with Gasteiger partial charge >= 0.3 is 11.9 Å².